The summed E-state index contributed by atoms with van der Waals surface area (Å²) in [6.07, 6.45) is 2.59. The van der Waals surface area contributed by atoms with Gasteiger partial charge < -0.3 is 15.5 Å². The standard InChI is InChI=1S/C18H24N4O3.ClH/c1-21(10-3-2-9-19)14-6-4-5-12-13(14)11-22(18(12)25)15-7-8-16(23)20-17(15)24;/h4-6,15H,2-3,7-11,19H2,1H3,(H,20,23,24);1H. The molecule has 1 atom stereocenters. The first-order valence-electron chi connectivity index (χ1n) is 8.70. The highest BCUT2D eigenvalue weighted by molar-refractivity contribution is 6.06. The largest absolute Gasteiger partial charge is 0.374 e. The van der Waals surface area contributed by atoms with Gasteiger partial charge in [-0.3, -0.25) is 19.7 Å². The first-order valence-corrected chi connectivity index (χ1v) is 8.70. The molecule has 3 N–H and O–H groups in total. The number of unbranched alkanes of at least 4 members (excludes halogenated alkanes) is 1. The topological polar surface area (TPSA) is 95.7 Å². The molecule has 1 saturated heterocycles. The van der Waals surface area contributed by atoms with Gasteiger partial charge in [-0.05, 0) is 37.9 Å². The molecule has 142 valence electrons. The van der Waals surface area contributed by atoms with Crippen LogP contribution in [0.1, 0.15) is 41.6 Å². The van der Waals surface area contributed by atoms with Crippen molar-refractivity contribution in [2.45, 2.75) is 38.3 Å². The van der Waals surface area contributed by atoms with Crippen molar-refractivity contribution in [3.05, 3.63) is 29.3 Å². The summed E-state index contributed by atoms with van der Waals surface area (Å²) in [6.45, 7) is 1.93. The third-order valence-electron chi connectivity index (χ3n) is 4.92. The van der Waals surface area contributed by atoms with Gasteiger partial charge in [-0.2, -0.15) is 0 Å². The summed E-state index contributed by atoms with van der Waals surface area (Å²) in [5, 5.41) is 2.33. The highest BCUT2D eigenvalue weighted by Gasteiger charge is 2.40. The van der Waals surface area contributed by atoms with Crippen LogP contribution in [-0.4, -0.2) is 48.8 Å². The fraction of sp³-hybridized carbons (Fsp3) is 0.500. The zero-order chi connectivity index (χ0) is 18.0. The second-order valence-corrected chi connectivity index (χ2v) is 6.62. The van der Waals surface area contributed by atoms with E-state index in [-0.39, 0.29) is 36.5 Å². The molecule has 0 aliphatic carbocycles. The van der Waals surface area contributed by atoms with Crippen molar-refractivity contribution >= 4 is 35.8 Å². The third kappa shape index (κ3) is 3.83. The van der Waals surface area contributed by atoms with E-state index in [1.807, 2.05) is 19.2 Å². The molecule has 1 aromatic carbocycles. The number of hydrogen-bond donors (Lipinski definition) is 2. The maximum atomic E-state index is 12.8. The number of rotatable bonds is 6. The van der Waals surface area contributed by atoms with Crippen LogP contribution in [0.4, 0.5) is 5.69 Å². The molecule has 1 aromatic rings. The third-order valence-corrected chi connectivity index (χ3v) is 4.92. The Morgan fingerprint density at radius 2 is 2.04 bits per heavy atom. The predicted molar refractivity (Wildman–Crippen MR) is 101 cm³/mol. The lowest BCUT2D eigenvalue weighted by Crippen LogP contribution is -2.52. The normalized spacial score (nSPS) is 19.1. The number of halogens is 1. The SMILES string of the molecule is CN(CCCCN)c1cccc2c1CN(C1CCC(=O)NC1=O)C2=O.Cl. The smallest absolute Gasteiger partial charge is 0.255 e. The molecule has 2 heterocycles. The minimum Gasteiger partial charge on any atom is -0.374 e. The number of nitrogens with two attached hydrogens (primary N) is 1. The van der Waals surface area contributed by atoms with Crippen molar-refractivity contribution in [3.63, 3.8) is 0 Å². The lowest BCUT2D eigenvalue weighted by atomic mass is 10.0. The first kappa shape index (κ1) is 20.2. The Bertz CT molecular complexity index is 710. The monoisotopic (exact) mass is 380 g/mol. The van der Waals surface area contributed by atoms with Gasteiger partial charge in [0, 0.05) is 43.4 Å². The minimum atomic E-state index is -0.576. The molecule has 0 bridgehead atoms. The zero-order valence-corrected chi connectivity index (χ0v) is 15.7. The van der Waals surface area contributed by atoms with Gasteiger partial charge in [0.15, 0.2) is 0 Å². The minimum absolute atomic E-state index is 0. The Labute approximate surface area is 159 Å². The van der Waals surface area contributed by atoms with Gasteiger partial charge in [-0.25, -0.2) is 0 Å². The lowest BCUT2D eigenvalue weighted by Gasteiger charge is -2.29. The molecular formula is C18H25ClN4O3. The molecule has 0 radical (unpaired) electrons. The van der Waals surface area contributed by atoms with E-state index in [1.165, 1.54) is 0 Å². The molecule has 0 aromatic heterocycles. The highest BCUT2D eigenvalue weighted by atomic mass is 35.5. The summed E-state index contributed by atoms with van der Waals surface area (Å²) in [5.41, 5.74) is 8.16. The number of nitrogens with one attached hydrogen (secondary N) is 1. The summed E-state index contributed by atoms with van der Waals surface area (Å²) in [4.78, 5) is 40.0. The molecule has 3 amide bonds. The van der Waals surface area contributed by atoms with Crippen LogP contribution < -0.4 is 16.0 Å². The van der Waals surface area contributed by atoms with Gasteiger partial charge in [-0.1, -0.05) is 6.07 Å². The van der Waals surface area contributed by atoms with Crippen LogP contribution in [0.5, 0.6) is 0 Å². The van der Waals surface area contributed by atoms with Crippen molar-refractivity contribution in [2.75, 3.05) is 25.0 Å². The van der Waals surface area contributed by atoms with E-state index in [0.717, 1.165) is 30.6 Å². The number of anilines is 1. The van der Waals surface area contributed by atoms with Crippen molar-refractivity contribution in [1.29, 1.82) is 0 Å². The fourth-order valence-corrected chi connectivity index (χ4v) is 3.54. The van der Waals surface area contributed by atoms with Gasteiger partial charge in [0.1, 0.15) is 6.04 Å². The molecule has 2 aliphatic rings. The van der Waals surface area contributed by atoms with Gasteiger partial charge in [0.25, 0.3) is 5.91 Å². The van der Waals surface area contributed by atoms with E-state index in [9.17, 15) is 14.4 Å². The van der Waals surface area contributed by atoms with E-state index in [1.54, 1.807) is 11.0 Å². The van der Waals surface area contributed by atoms with Crippen LogP contribution >= 0.6 is 12.4 Å². The number of piperidine rings is 1. The number of hydrogen-bond acceptors (Lipinski definition) is 5. The number of amides is 3. The van der Waals surface area contributed by atoms with Crippen molar-refractivity contribution in [3.8, 4) is 0 Å². The quantitative estimate of drug-likeness (QED) is 0.568. The molecule has 8 heteroatoms. The Hall–Kier alpha value is -2.12. The second kappa shape index (κ2) is 8.51. The van der Waals surface area contributed by atoms with Crippen LogP contribution in [0.15, 0.2) is 18.2 Å². The number of fused-ring (bicyclic) bond motifs is 1. The Kier molecular flexibility index (Phi) is 6.61. The fourth-order valence-electron chi connectivity index (χ4n) is 3.54. The summed E-state index contributed by atoms with van der Waals surface area (Å²) >= 11 is 0. The van der Waals surface area contributed by atoms with E-state index in [0.29, 0.717) is 25.1 Å². The number of carbonyl (C=O) groups is 3. The van der Waals surface area contributed by atoms with E-state index < -0.39 is 6.04 Å². The van der Waals surface area contributed by atoms with Crippen LogP contribution in [0, 0.1) is 0 Å². The number of carbonyl (C=O) groups excluding carboxylic acids is 3. The van der Waals surface area contributed by atoms with Gasteiger partial charge >= 0.3 is 0 Å². The van der Waals surface area contributed by atoms with Crippen LogP contribution in [-0.2, 0) is 16.1 Å². The maximum Gasteiger partial charge on any atom is 0.255 e. The summed E-state index contributed by atoms with van der Waals surface area (Å²) in [7, 11) is 2.01. The van der Waals surface area contributed by atoms with Crippen LogP contribution in [0.2, 0.25) is 0 Å². The van der Waals surface area contributed by atoms with Gasteiger partial charge in [0.05, 0.1) is 0 Å². The summed E-state index contributed by atoms with van der Waals surface area (Å²) in [6, 6.07) is 5.11. The van der Waals surface area contributed by atoms with E-state index in [2.05, 4.69) is 10.2 Å². The Morgan fingerprint density at radius 1 is 1.27 bits per heavy atom. The van der Waals surface area contributed by atoms with Gasteiger partial charge in [0.2, 0.25) is 11.8 Å². The Morgan fingerprint density at radius 3 is 2.73 bits per heavy atom. The average molecular weight is 381 g/mol. The lowest BCUT2D eigenvalue weighted by molar-refractivity contribution is -0.136. The molecule has 26 heavy (non-hydrogen) atoms. The van der Waals surface area contributed by atoms with Crippen molar-refractivity contribution in [2.24, 2.45) is 5.73 Å². The zero-order valence-electron chi connectivity index (χ0n) is 14.9. The second-order valence-electron chi connectivity index (χ2n) is 6.62. The molecule has 1 unspecified atom stereocenters. The molecule has 3 rings (SSSR count). The number of imide groups is 1. The summed E-state index contributed by atoms with van der Waals surface area (Å²) < 4.78 is 0. The van der Waals surface area contributed by atoms with Crippen LogP contribution in [0.3, 0.4) is 0 Å². The highest BCUT2D eigenvalue weighted by Crippen LogP contribution is 2.33. The average Bonchev–Trinajstić information content (AvgIpc) is 2.92. The molecule has 7 nitrogen and oxygen atoms in total. The van der Waals surface area contributed by atoms with Gasteiger partial charge in [-0.15, -0.1) is 12.4 Å². The predicted octanol–water partition coefficient (Wildman–Crippen LogP) is 1.04. The molecule has 0 saturated carbocycles. The number of benzene rings is 1. The molecular weight excluding hydrogens is 356 g/mol. The maximum absolute atomic E-state index is 12.8. The summed E-state index contributed by atoms with van der Waals surface area (Å²) in [5.74, 6) is -0.789. The Balaban J connectivity index is 0.00000243. The molecule has 1 fully saturated rings. The van der Waals surface area contributed by atoms with Crippen LogP contribution in [0.25, 0.3) is 0 Å². The van der Waals surface area contributed by atoms with E-state index >= 15 is 0 Å². The van der Waals surface area contributed by atoms with E-state index in [4.69, 9.17) is 5.73 Å². The number of nitrogens with zero attached hydrogens (tertiary/aromatic N) is 2. The molecule has 2 aliphatic heterocycles. The first-order chi connectivity index (χ1) is 12.0. The van der Waals surface area contributed by atoms with Crippen molar-refractivity contribution < 1.29 is 14.4 Å². The van der Waals surface area contributed by atoms with Crippen molar-refractivity contribution in [1.82, 2.24) is 10.2 Å². The molecule has 0 spiro atoms.